The Morgan fingerprint density at radius 3 is 2.09 bits per heavy atom. The molecule has 0 aliphatic rings. The second-order valence-electron chi connectivity index (χ2n) is 5.32. The molecule has 2 heteroatoms. The van der Waals surface area contributed by atoms with Gasteiger partial charge in [-0.2, -0.15) is 0 Å². The predicted molar refractivity (Wildman–Crippen MR) is 89.6 cm³/mol. The topological polar surface area (TPSA) is 26.0 Å². The summed E-state index contributed by atoms with van der Waals surface area (Å²) < 4.78 is 5.64. The highest BCUT2D eigenvalue weighted by Gasteiger charge is 2.16. The quantitative estimate of drug-likeness (QED) is 0.488. The van der Waals surface area contributed by atoms with Crippen LogP contribution in [0.25, 0.3) is 33.4 Å². The lowest BCUT2D eigenvalue weighted by Crippen LogP contribution is -1.93. The van der Waals surface area contributed by atoms with Crippen LogP contribution < -0.4 is 0 Å². The molecular weight excluding hydrogens is 270 g/mol. The average molecular weight is 285 g/mol. The van der Waals surface area contributed by atoms with Gasteiger partial charge < -0.3 is 4.42 Å². The molecule has 2 heterocycles. The maximum atomic E-state index is 5.64. The third-order valence-electron chi connectivity index (χ3n) is 3.89. The van der Waals surface area contributed by atoms with Crippen molar-refractivity contribution in [2.75, 3.05) is 0 Å². The van der Waals surface area contributed by atoms with E-state index in [0.717, 1.165) is 39.0 Å². The molecule has 0 N–H and O–H groups in total. The molecule has 0 unspecified atom stereocenters. The van der Waals surface area contributed by atoms with Gasteiger partial charge in [-0.05, 0) is 18.6 Å². The summed E-state index contributed by atoms with van der Waals surface area (Å²) in [6, 6.07) is 22.7. The van der Waals surface area contributed by atoms with Gasteiger partial charge in [0.05, 0.1) is 17.7 Å². The number of rotatable bonds is 2. The van der Waals surface area contributed by atoms with Crippen LogP contribution >= 0.6 is 0 Å². The normalized spacial score (nSPS) is 11.0. The van der Waals surface area contributed by atoms with E-state index in [4.69, 9.17) is 9.40 Å². The molecule has 0 amide bonds. The molecule has 0 radical (unpaired) electrons. The molecule has 0 bridgehead atoms. The van der Waals surface area contributed by atoms with Gasteiger partial charge in [0.15, 0.2) is 5.58 Å². The van der Waals surface area contributed by atoms with E-state index in [9.17, 15) is 0 Å². The molecule has 2 aromatic carbocycles. The summed E-state index contributed by atoms with van der Waals surface area (Å²) in [5.74, 6) is 0. The van der Waals surface area contributed by atoms with Crippen molar-refractivity contribution < 1.29 is 4.42 Å². The summed E-state index contributed by atoms with van der Waals surface area (Å²) >= 11 is 0. The van der Waals surface area contributed by atoms with Crippen molar-refractivity contribution in [1.29, 1.82) is 0 Å². The van der Waals surface area contributed by atoms with E-state index in [-0.39, 0.29) is 0 Å². The van der Waals surface area contributed by atoms with Gasteiger partial charge in [-0.1, -0.05) is 60.7 Å². The first-order valence-electron chi connectivity index (χ1n) is 7.33. The maximum Gasteiger partial charge on any atom is 0.155 e. The van der Waals surface area contributed by atoms with E-state index in [0.29, 0.717) is 0 Å². The standard InChI is InChI=1S/C20H15NO/c1-14-20-17(12-13-22-20)18(15-8-4-2-5-9-15)19(21-14)16-10-6-3-7-11-16/h2-13H,1H3. The van der Waals surface area contributed by atoms with Crippen LogP contribution in [-0.2, 0) is 0 Å². The Balaban J connectivity index is 2.12. The summed E-state index contributed by atoms with van der Waals surface area (Å²) in [6.45, 7) is 1.99. The maximum absolute atomic E-state index is 5.64. The van der Waals surface area contributed by atoms with Crippen LogP contribution in [0.15, 0.2) is 77.4 Å². The first-order chi connectivity index (χ1) is 10.8. The summed E-state index contributed by atoms with van der Waals surface area (Å²) in [4.78, 5) is 4.83. The van der Waals surface area contributed by atoms with Crippen molar-refractivity contribution in [3.63, 3.8) is 0 Å². The molecule has 0 spiro atoms. The average Bonchev–Trinajstić information content (AvgIpc) is 3.06. The molecule has 22 heavy (non-hydrogen) atoms. The zero-order valence-electron chi connectivity index (χ0n) is 12.3. The van der Waals surface area contributed by atoms with Gasteiger partial charge in [-0.15, -0.1) is 0 Å². The molecule has 0 fully saturated rings. The van der Waals surface area contributed by atoms with E-state index in [2.05, 4.69) is 36.4 Å². The van der Waals surface area contributed by atoms with Crippen LogP contribution in [0.3, 0.4) is 0 Å². The summed E-state index contributed by atoms with van der Waals surface area (Å²) in [5, 5.41) is 1.11. The Morgan fingerprint density at radius 1 is 0.773 bits per heavy atom. The van der Waals surface area contributed by atoms with Crippen molar-refractivity contribution in [2.45, 2.75) is 6.92 Å². The van der Waals surface area contributed by atoms with E-state index in [1.807, 2.05) is 37.3 Å². The van der Waals surface area contributed by atoms with E-state index in [1.54, 1.807) is 6.26 Å². The molecule has 2 aromatic heterocycles. The molecule has 106 valence electrons. The molecule has 4 rings (SSSR count). The van der Waals surface area contributed by atoms with E-state index in [1.165, 1.54) is 0 Å². The van der Waals surface area contributed by atoms with Gasteiger partial charge in [-0.25, -0.2) is 4.98 Å². The van der Waals surface area contributed by atoms with Crippen molar-refractivity contribution in [2.24, 2.45) is 0 Å². The first-order valence-corrected chi connectivity index (χ1v) is 7.33. The monoisotopic (exact) mass is 285 g/mol. The first kappa shape index (κ1) is 12.8. The summed E-state index contributed by atoms with van der Waals surface area (Å²) in [6.07, 6.45) is 1.74. The van der Waals surface area contributed by atoms with Gasteiger partial charge >= 0.3 is 0 Å². The molecule has 0 aliphatic carbocycles. The SMILES string of the molecule is Cc1nc(-c2ccccc2)c(-c2ccccc2)c2ccoc12. The molecule has 0 atom stereocenters. The van der Waals surface area contributed by atoms with Crippen LogP contribution in [0.2, 0.25) is 0 Å². The second-order valence-corrected chi connectivity index (χ2v) is 5.32. The number of hydrogen-bond acceptors (Lipinski definition) is 2. The van der Waals surface area contributed by atoms with Gasteiger partial charge in [0.2, 0.25) is 0 Å². The largest absolute Gasteiger partial charge is 0.462 e. The van der Waals surface area contributed by atoms with Gasteiger partial charge in [-0.3, -0.25) is 0 Å². The van der Waals surface area contributed by atoms with Crippen molar-refractivity contribution in [1.82, 2.24) is 4.98 Å². The lowest BCUT2D eigenvalue weighted by atomic mass is 9.96. The smallest absolute Gasteiger partial charge is 0.155 e. The van der Waals surface area contributed by atoms with Gasteiger partial charge in [0.25, 0.3) is 0 Å². The highest BCUT2D eigenvalue weighted by molar-refractivity contribution is 6.01. The third kappa shape index (κ3) is 2.01. The molecular formula is C20H15NO. The Bertz CT molecular complexity index is 924. The highest BCUT2D eigenvalue weighted by atomic mass is 16.3. The van der Waals surface area contributed by atoms with E-state index < -0.39 is 0 Å². The minimum atomic E-state index is 0.860. The minimum Gasteiger partial charge on any atom is -0.462 e. The lowest BCUT2D eigenvalue weighted by molar-refractivity contribution is 0.611. The van der Waals surface area contributed by atoms with Gasteiger partial charge in [0, 0.05) is 16.5 Å². The number of pyridine rings is 1. The second kappa shape index (κ2) is 5.15. The number of fused-ring (bicyclic) bond motifs is 1. The molecule has 2 nitrogen and oxygen atoms in total. The van der Waals surface area contributed by atoms with Crippen molar-refractivity contribution in [3.8, 4) is 22.4 Å². The number of aromatic nitrogens is 1. The third-order valence-corrected chi connectivity index (χ3v) is 3.89. The molecule has 0 saturated heterocycles. The molecule has 0 saturated carbocycles. The minimum absolute atomic E-state index is 0.860. The van der Waals surface area contributed by atoms with E-state index >= 15 is 0 Å². The number of nitrogens with zero attached hydrogens (tertiary/aromatic N) is 1. The number of aryl methyl sites for hydroxylation is 1. The highest BCUT2D eigenvalue weighted by Crippen LogP contribution is 2.38. The summed E-state index contributed by atoms with van der Waals surface area (Å²) in [5.41, 5.74) is 6.17. The van der Waals surface area contributed by atoms with Crippen molar-refractivity contribution >= 4 is 11.0 Å². The number of benzene rings is 2. The molecule has 0 aliphatic heterocycles. The van der Waals surface area contributed by atoms with Crippen LogP contribution in [0.5, 0.6) is 0 Å². The fraction of sp³-hybridized carbons (Fsp3) is 0.0500. The van der Waals surface area contributed by atoms with Crippen LogP contribution in [0.1, 0.15) is 5.69 Å². The zero-order chi connectivity index (χ0) is 14.9. The predicted octanol–water partition coefficient (Wildman–Crippen LogP) is 5.47. The number of furan rings is 1. The fourth-order valence-corrected chi connectivity index (χ4v) is 2.89. The summed E-state index contributed by atoms with van der Waals surface area (Å²) in [7, 11) is 0. The van der Waals surface area contributed by atoms with Crippen LogP contribution in [0, 0.1) is 6.92 Å². The van der Waals surface area contributed by atoms with Crippen molar-refractivity contribution in [3.05, 3.63) is 78.7 Å². The zero-order valence-corrected chi connectivity index (χ0v) is 12.3. The van der Waals surface area contributed by atoms with Crippen LogP contribution in [-0.4, -0.2) is 4.98 Å². The number of hydrogen-bond donors (Lipinski definition) is 0. The Morgan fingerprint density at radius 2 is 1.41 bits per heavy atom. The Kier molecular flexibility index (Phi) is 3.01. The van der Waals surface area contributed by atoms with Gasteiger partial charge in [0.1, 0.15) is 0 Å². The molecule has 4 aromatic rings. The Hall–Kier alpha value is -2.87. The lowest BCUT2D eigenvalue weighted by Gasteiger charge is -2.12. The Labute approximate surface area is 129 Å². The van der Waals surface area contributed by atoms with Crippen LogP contribution in [0.4, 0.5) is 0 Å². The fourth-order valence-electron chi connectivity index (χ4n) is 2.89.